The predicted molar refractivity (Wildman–Crippen MR) is 98.2 cm³/mol. The van der Waals surface area contributed by atoms with Crippen molar-refractivity contribution < 1.29 is 4.74 Å². The van der Waals surface area contributed by atoms with Gasteiger partial charge in [0.25, 0.3) is 0 Å². The Morgan fingerprint density at radius 2 is 2.46 bits per heavy atom. The third kappa shape index (κ3) is 4.34. The summed E-state index contributed by atoms with van der Waals surface area (Å²) in [5, 5.41) is 13.4. The number of nitrogens with one attached hydrogen (secondary N) is 2. The molecule has 2 aromatic heterocycles. The SMILES string of the molecule is CN=C(NCc1cc(Br)cs1)NC1CCc2nc(COC)nn2C1. The summed E-state index contributed by atoms with van der Waals surface area (Å²) < 4.78 is 8.19. The number of guanidine groups is 1. The zero-order chi connectivity index (χ0) is 16.9. The fraction of sp³-hybridized carbons (Fsp3) is 0.533. The lowest BCUT2D eigenvalue weighted by atomic mass is 10.1. The van der Waals surface area contributed by atoms with Crippen molar-refractivity contribution >= 4 is 33.2 Å². The Labute approximate surface area is 153 Å². The van der Waals surface area contributed by atoms with Crippen molar-refractivity contribution in [1.82, 2.24) is 25.4 Å². The van der Waals surface area contributed by atoms with Gasteiger partial charge in [-0.25, -0.2) is 9.67 Å². The summed E-state index contributed by atoms with van der Waals surface area (Å²) >= 11 is 5.20. The van der Waals surface area contributed by atoms with Gasteiger partial charge in [-0.15, -0.1) is 11.3 Å². The molecule has 9 heteroatoms. The first-order valence-electron chi connectivity index (χ1n) is 7.79. The van der Waals surface area contributed by atoms with Crippen LogP contribution in [0.1, 0.15) is 22.9 Å². The number of halogens is 1. The maximum Gasteiger partial charge on any atom is 0.191 e. The summed E-state index contributed by atoms with van der Waals surface area (Å²) in [7, 11) is 3.45. The van der Waals surface area contributed by atoms with Crippen LogP contribution in [-0.2, 0) is 30.9 Å². The van der Waals surface area contributed by atoms with Gasteiger partial charge in [-0.1, -0.05) is 0 Å². The standard InChI is InChI=1S/C15H21BrN6OS/c1-17-15(18-6-12-5-10(16)9-24-12)19-11-3-4-14-20-13(8-23-2)21-22(14)7-11/h5,9,11H,3-4,6-8H2,1-2H3,(H2,17,18,19). The van der Waals surface area contributed by atoms with E-state index in [1.807, 2.05) is 4.68 Å². The number of methoxy groups -OCH3 is 1. The molecule has 1 aliphatic heterocycles. The Morgan fingerprint density at radius 3 is 3.17 bits per heavy atom. The Bertz CT molecular complexity index is 713. The van der Waals surface area contributed by atoms with Crippen molar-refractivity contribution in [3.05, 3.63) is 32.4 Å². The van der Waals surface area contributed by atoms with Gasteiger partial charge in [-0.3, -0.25) is 4.99 Å². The quantitative estimate of drug-likeness (QED) is 0.579. The molecule has 0 aliphatic carbocycles. The number of rotatable bonds is 5. The summed E-state index contributed by atoms with van der Waals surface area (Å²) in [4.78, 5) is 10.1. The van der Waals surface area contributed by atoms with Gasteiger partial charge in [0.15, 0.2) is 11.8 Å². The maximum atomic E-state index is 5.10. The van der Waals surface area contributed by atoms with Gasteiger partial charge in [0.05, 0.1) is 13.1 Å². The molecule has 3 rings (SSSR count). The first-order chi connectivity index (χ1) is 11.7. The average molecular weight is 413 g/mol. The predicted octanol–water partition coefficient (Wildman–Crippen LogP) is 1.93. The number of hydrogen-bond donors (Lipinski definition) is 2. The smallest absolute Gasteiger partial charge is 0.191 e. The number of fused-ring (bicyclic) bond motifs is 1. The lowest BCUT2D eigenvalue weighted by molar-refractivity contribution is 0.177. The van der Waals surface area contributed by atoms with E-state index in [4.69, 9.17) is 4.74 Å². The largest absolute Gasteiger partial charge is 0.377 e. The minimum absolute atomic E-state index is 0.288. The Balaban J connectivity index is 1.54. The summed E-state index contributed by atoms with van der Waals surface area (Å²) in [5.74, 6) is 2.59. The van der Waals surface area contributed by atoms with E-state index in [1.165, 1.54) is 4.88 Å². The van der Waals surface area contributed by atoms with Crippen molar-refractivity contribution in [3.8, 4) is 0 Å². The number of nitrogens with zero attached hydrogens (tertiary/aromatic N) is 4. The van der Waals surface area contributed by atoms with E-state index in [9.17, 15) is 0 Å². The minimum Gasteiger partial charge on any atom is -0.377 e. The second-order valence-corrected chi connectivity index (χ2v) is 7.51. The molecule has 0 fully saturated rings. The van der Waals surface area contributed by atoms with Gasteiger partial charge in [-0.2, -0.15) is 5.10 Å². The number of aryl methyl sites for hydroxylation is 1. The molecule has 1 aliphatic rings. The molecular formula is C15H21BrN6OS. The van der Waals surface area contributed by atoms with Crippen LogP contribution in [0.5, 0.6) is 0 Å². The van der Waals surface area contributed by atoms with E-state index in [-0.39, 0.29) is 6.04 Å². The summed E-state index contributed by atoms with van der Waals surface area (Å²) in [5.41, 5.74) is 0. The highest BCUT2D eigenvalue weighted by atomic mass is 79.9. The molecule has 0 aromatic carbocycles. The Morgan fingerprint density at radius 1 is 1.58 bits per heavy atom. The highest BCUT2D eigenvalue weighted by Gasteiger charge is 2.22. The van der Waals surface area contributed by atoms with Gasteiger partial charge >= 0.3 is 0 Å². The van der Waals surface area contributed by atoms with Crippen LogP contribution in [-0.4, -0.2) is 40.9 Å². The lowest BCUT2D eigenvalue weighted by Gasteiger charge is -2.25. The molecule has 1 atom stereocenters. The molecule has 7 nitrogen and oxygen atoms in total. The molecule has 2 N–H and O–H groups in total. The number of thiophene rings is 1. The van der Waals surface area contributed by atoms with Crippen LogP contribution in [0.25, 0.3) is 0 Å². The molecule has 0 radical (unpaired) electrons. The number of aromatic nitrogens is 3. The van der Waals surface area contributed by atoms with E-state index >= 15 is 0 Å². The Kier molecular flexibility index (Phi) is 5.85. The molecule has 0 amide bonds. The molecule has 2 aromatic rings. The van der Waals surface area contributed by atoms with Crippen LogP contribution in [0.15, 0.2) is 20.9 Å². The summed E-state index contributed by atoms with van der Waals surface area (Å²) in [6.07, 6.45) is 1.92. The number of hydrogen-bond acceptors (Lipinski definition) is 5. The maximum absolute atomic E-state index is 5.10. The highest BCUT2D eigenvalue weighted by molar-refractivity contribution is 9.10. The molecule has 1 unspecified atom stereocenters. The molecule has 0 bridgehead atoms. The molecule has 3 heterocycles. The molecule has 130 valence electrons. The van der Waals surface area contributed by atoms with Crippen LogP contribution < -0.4 is 10.6 Å². The molecule has 0 spiro atoms. The van der Waals surface area contributed by atoms with Gasteiger partial charge in [0.1, 0.15) is 12.4 Å². The molecular weight excluding hydrogens is 392 g/mol. The Hall–Kier alpha value is -1.45. The van der Waals surface area contributed by atoms with E-state index < -0.39 is 0 Å². The fourth-order valence-corrected chi connectivity index (χ4v) is 4.06. The van der Waals surface area contributed by atoms with E-state index in [1.54, 1.807) is 25.5 Å². The van der Waals surface area contributed by atoms with E-state index in [0.29, 0.717) is 6.61 Å². The molecule has 0 saturated carbocycles. The van der Waals surface area contributed by atoms with E-state index in [0.717, 1.165) is 48.0 Å². The third-order valence-electron chi connectivity index (χ3n) is 3.79. The van der Waals surface area contributed by atoms with Crippen LogP contribution >= 0.6 is 27.3 Å². The topological polar surface area (TPSA) is 76.4 Å². The van der Waals surface area contributed by atoms with Crippen molar-refractivity contribution in [2.45, 2.75) is 38.6 Å². The third-order valence-corrected chi connectivity index (χ3v) is 5.49. The van der Waals surface area contributed by atoms with Crippen LogP contribution in [0.4, 0.5) is 0 Å². The van der Waals surface area contributed by atoms with Gasteiger partial charge < -0.3 is 15.4 Å². The average Bonchev–Trinajstić information content (AvgIpc) is 3.16. The summed E-state index contributed by atoms with van der Waals surface area (Å²) in [6, 6.07) is 2.40. The monoisotopic (exact) mass is 412 g/mol. The highest BCUT2D eigenvalue weighted by Crippen LogP contribution is 2.19. The first-order valence-corrected chi connectivity index (χ1v) is 9.47. The van der Waals surface area contributed by atoms with Crippen molar-refractivity contribution in [3.63, 3.8) is 0 Å². The first kappa shape index (κ1) is 17.4. The van der Waals surface area contributed by atoms with Crippen molar-refractivity contribution in [2.24, 2.45) is 4.99 Å². The van der Waals surface area contributed by atoms with Crippen LogP contribution in [0.3, 0.4) is 0 Å². The second-order valence-electron chi connectivity index (χ2n) is 5.60. The molecule has 24 heavy (non-hydrogen) atoms. The number of ether oxygens (including phenoxy) is 1. The van der Waals surface area contributed by atoms with Crippen molar-refractivity contribution in [2.75, 3.05) is 14.2 Å². The van der Waals surface area contributed by atoms with Gasteiger partial charge in [-0.05, 0) is 28.4 Å². The zero-order valence-electron chi connectivity index (χ0n) is 13.8. The minimum atomic E-state index is 0.288. The number of aliphatic imine (C=N–C) groups is 1. The summed E-state index contributed by atoms with van der Waals surface area (Å²) in [6.45, 7) is 2.00. The molecule has 0 saturated heterocycles. The zero-order valence-corrected chi connectivity index (χ0v) is 16.2. The second kappa shape index (κ2) is 8.09. The van der Waals surface area contributed by atoms with Gasteiger partial charge in [0, 0.05) is 41.4 Å². The van der Waals surface area contributed by atoms with Crippen LogP contribution in [0, 0.1) is 0 Å². The normalized spacial score (nSPS) is 17.6. The lowest BCUT2D eigenvalue weighted by Crippen LogP contribution is -2.46. The van der Waals surface area contributed by atoms with Crippen molar-refractivity contribution in [1.29, 1.82) is 0 Å². The van der Waals surface area contributed by atoms with E-state index in [2.05, 4.69) is 53.1 Å². The fourth-order valence-electron chi connectivity index (χ4n) is 2.67. The van der Waals surface area contributed by atoms with Crippen LogP contribution in [0.2, 0.25) is 0 Å². The van der Waals surface area contributed by atoms with Gasteiger partial charge in [0.2, 0.25) is 0 Å².